The summed E-state index contributed by atoms with van der Waals surface area (Å²) in [5.41, 5.74) is 2.16. The number of amides is 1. The predicted molar refractivity (Wildman–Crippen MR) is 97.7 cm³/mol. The molecule has 128 valence electrons. The van der Waals surface area contributed by atoms with E-state index in [2.05, 4.69) is 10.3 Å². The molecule has 25 heavy (non-hydrogen) atoms. The minimum Gasteiger partial charge on any atom is -0.497 e. The zero-order valence-electron chi connectivity index (χ0n) is 14.0. The van der Waals surface area contributed by atoms with Gasteiger partial charge in [0.25, 0.3) is 5.56 Å². The van der Waals surface area contributed by atoms with Crippen LogP contribution in [0.5, 0.6) is 5.75 Å². The second-order valence-electron chi connectivity index (χ2n) is 5.84. The second-order valence-corrected chi connectivity index (χ2v) is 5.84. The SMILES string of the molecule is COc1ccc2cc(CNC(=O)CCc3ccccc3)c(=O)[nH]c2c1. The Morgan fingerprint density at radius 2 is 1.92 bits per heavy atom. The van der Waals surface area contributed by atoms with Gasteiger partial charge >= 0.3 is 0 Å². The van der Waals surface area contributed by atoms with Crippen molar-refractivity contribution in [1.82, 2.24) is 10.3 Å². The van der Waals surface area contributed by atoms with Gasteiger partial charge in [0.05, 0.1) is 12.6 Å². The van der Waals surface area contributed by atoms with E-state index in [1.165, 1.54) is 0 Å². The summed E-state index contributed by atoms with van der Waals surface area (Å²) in [5.74, 6) is 0.614. The van der Waals surface area contributed by atoms with Gasteiger partial charge in [-0.1, -0.05) is 30.3 Å². The molecule has 0 bridgehead atoms. The number of hydrogen-bond donors (Lipinski definition) is 2. The zero-order chi connectivity index (χ0) is 17.6. The molecule has 0 fully saturated rings. The Labute approximate surface area is 145 Å². The lowest BCUT2D eigenvalue weighted by Gasteiger charge is -2.07. The van der Waals surface area contributed by atoms with Crippen molar-refractivity contribution in [1.29, 1.82) is 0 Å². The molecular weight excluding hydrogens is 316 g/mol. The van der Waals surface area contributed by atoms with E-state index in [9.17, 15) is 9.59 Å². The van der Waals surface area contributed by atoms with Crippen LogP contribution in [-0.2, 0) is 17.8 Å². The van der Waals surface area contributed by atoms with Crippen LogP contribution in [0.15, 0.2) is 59.4 Å². The summed E-state index contributed by atoms with van der Waals surface area (Å²) in [7, 11) is 1.58. The van der Waals surface area contributed by atoms with Gasteiger partial charge in [-0.2, -0.15) is 0 Å². The highest BCUT2D eigenvalue weighted by molar-refractivity contribution is 5.81. The summed E-state index contributed by atoms with van der Waals surface area (Å²) in [6.45, 7) is 0.213. The summed E-state index contributed by atoms with van der Waals surface area (Å²) in [4.78, 5) is 27.0. The monoisotopic (exact) mass is 336 g/mol. The Bertz CT molecular complexity index is 933. The third kappa shape index (κ3) is 4.26. The number of rotatable bonds is 6. The van der Waals surface area contributed by atoms with E-state index in [4.69, 9.17) is 4.74 Å². The first-order valence-electron chi connectivity index (χ1n) is 8.16. The molecule has 5 nitrogen and oxygen atoms in total. The highest BCUT2D eigenvalue weighted by atomic mass is 16.5. The second kappa shape index (κ2) is 7.66. The molecular formula is C20H20N2O3. The van der Waals surface area contributed by atoms with Crippen LogP contribution in [0.3, 0.4) is 0 Å². The van der Waals surface area contributed by atoms with Crippen LogP contribution >= 0.6 is 0 Å². The molecule has 1 aromatic heterocycles. The number of aromatic nitrogens is 1. The fraction of sp³-hybridized carbons (Fsp3) is 0.200. The van der Waals surface area contributed by atoms with Gasteiger partial charge < -0.3 is 15.0 Å². The maximum Gasteiger partial charge on any atom is 0.253 e. The van der Waals surface area contributed by atoms with E-state index in [1.54, 1.807) is 19.2 Å². The standard InChI is InChI=1S/C20H20N2O3/c1-25-17-9-8-15-11-16(20(24)22-18(15)12-17)13-21-19(23)10-7-14-5-3-2-4-6-14/h2-6,8-9,11-12H,7,10,13H2,1H3,(H,21,23)(H,22,24). The van der Waals surface area contributed by atoms with Crippen molar-refractivity contribution in [3.63, 3.8) is 0 Å². The van der Waals surface area contributed by atoms with Gasteiger partial charge in [0.1, 0.15) is 5.75 Å². The van der Waals surface area contributed by atoms with Crippen molar-refractivity contribution in [2.45, 2.75) is 19.4 Å². The molecule has 0 aliphatic carbocycles. The van der Waals surface area contributed by atoms with Gasteiger partial charge in [0, 0.05) is 24.6 Å². The van der Waals surface area contributed by atoms with Gasteiger partial charge in [-0.25, -0.2) is 0 Å². The normalized spacial score (nSPS) is 10.6. The van der Waals surface area contributed by atoms with Crippen molar-refractivity contribution in [2.75, 3.05) is 7.11 Å². The minimum absolute atomic E-state index is 0.0712. The predicted octanol–water partition coefficient (Wildman–Crippen LogP) is 2.79. The Morgan fingerprint density at radius 1 is 1.12 bits per heavy atom. The number of hydrogen-bond acceptors (Lipinski definition) is 3. The lowest BCUT2D eigenvalue weighted by atomic mass is 10.1. The van der Waals surface area contributed by atoms with E-state index >= 15 is 0 Å². The van der Waals surface area contributed by atoms with E-state index in [0.29, 0.717) is 29.7 Å². The number of benzene rings is 2. The molecule has 0 spiro atoms. The number of H-pyrrole nitrogens is 1. The summed E-state index contributed by atoms with van der Waals surface area (Å²) in [6.07, 6.45) is 1.08. The van der Waals surface area contributed by atoms with Crippen molar-refractivity contribution in [2.24, 2.45) is 0 Å². The first-order chi connectivity index (χ1) is 12.2. The third-order valence-electron chi connectivity index (χ3n) is 4.09. The summed E-state index contributed by atoms with van der Waals surface area (Å²) < 4.78 is 5.16. The number of carbonyl (C=O) groups is 1. The molecule has 0 aliphatic heterocycles. The highest BCUT2D eigenvalue weighted by Gasteiger charge is 2.07. The molecule has 0 atom stereocenters. The van der Waals surface area contributed by atoms with Crippen LogP contribution in [0.2, 0.25) is 0 Å². The molecule has 0 saturated carbocycles. The van der Waals surface area contributed by atoms with Crippen LogP contribution in [0.4, 0.5) is 0 Å². The van der Waals surface area contributed by atoms with E-state index in [1.807, 2.05) is 42.5 Å². The number of carbonyl (C=O) groups excluding carboxylic acids is 1. The molecule has 0 unspecified atom stereocenters. The Hall–Kier alpha value is -3.08. The number of nitrogens with one attached hydrogen (secondary N) is 2. The number of aromatic amines is 1. The van der Waals surface area contributed by atoms with E-state index in [0.717, 1.165) is 10.9 Å². The van der Waals surface area contributed by atoms with Gasteiger partial charge in [-0.15, -0.1) is 0 Å². The van der Waals surface area contributed by atoms with Gasteiger partial charge in [-0.3, -0.25) is 9.59 Å². The molecule has 2 aromatic carbocycles. The lowest BCUT2D eigenvalue weighted by Crippen LogP contribution is -2.26. The number of methoxy groups -OCH3 is 1. The quantitative estimate of drug-likeness (QED) is 0.727. The Balaban J connectivity index is 1.63. The van der Waals surface area contributed by atoms with Gasteiger partial charge in [-0.05, 0) is 35.6 Å². The largest absolute Gasteiger partial charge is 0.497 e. The number of aryl methyl sites for hydroxylation is 1. The summed E-state index contributed by atoms with van der Waals surface area (Å²) in [5, 5.41) is 3.71. The average molecular weight is 336 g/mol. The molecule has 0 radical (unpaired) electrons. The average Bonchev–Trinajstić information content (AvgIpc) is 2.65. The molecule has 3 rings (SSSR count). The van der Waals surface area contributed by atoms with Crippen molar-refractivity contribution in [3.05, 3.63) is 76.1 Å². The topological polar surface area (TPSA) is 71.2 Å². The molecule has 2 N–H and O–H groups in total. The number of ether oxygens (including phenoxy) is 1. The fourth-order valence-electron chi connectivity index (χ4n) is 2.67. The minimum atomic E-state index is -0.205. The molecule has 0 saturated heterocycles. The van der Waals surface area contributed by atoms with Crippen LogP contribution in [-0.4, -0.2) is 18.0 Å². The van der Waals surface area contributed by atoms with Crippen LogP contribution in [0.1, 0.15) is 17.5 Å². The lowest BCUT2D eigenvalue weighted by molar-refractivity contribution is -0.121. The Morgan fingerprint density at radius 3 is 2.68 bits per heavy atom. The molecule has 5 heteroatoms. The molecule has 1 amide bonds. The van der Waals surface area contributed by atoms with Crippen LogP contribution in [0, 0.1) is 0 Å². The smallest absolute Gasteiger partial charge is 0.253 e. The summed E-state index contributed by atoms with van der Waals surface area (Å²) >= 11 is 0. The van der Waals surface area contributed by atoms with Crippen LogP contribution < -0.4 is 15.6 Å². The number of fused-ring (bicyclic) bond motifs is 1. The van der Waals surface area contributed by atoms with Crippen molar-refractivity contribution < 1.29 is 9.53 Å². The number of pyridine rings is 1. The van der Waals surface area contributed by atoms with Crippen molar-refractivity contribution >= 4 is 16.8 Å². The molecule has 3 aromatic rings. The zero-order valence-corrected chi connectivity index (χ0v) is 14.0. The Kier molecular flexibility index (Phi) is 5.14. The molecule has 0 aliphatic rings. The van der Waals surface area contributed by atoms with Crippen LogP contribution in [0.25, 0.3) is 10.9 Å². The third-order valence-corrected chi connectivity index (χ3v) is 4.09. The van der Waals surface area contributed by atoms with E-state index in [-0.39, 0.29) is 18.0 Å². The van der Waals surface area contributed by atoms with Gasteiger partial charge in [0.2, 0.25) is 5.91 Å². The van der Waals surface area contributed by atoms with Crippen molar-refractivity contribution in [3.8, 4) is 5.75 Å². The maximum atomic E-state index is 12.2. The van der Waals surface area contributed by atoms with Gasteiger partial charge in [0.15, 0.2) is 0 Å². The summed E-state index contributed by atoms with van der Waals surface area (Å²) in [6, 6.07) is 17.1. The molecule has 1 heterocycles. The fourth-order valence-corrected chi connectivity index (χ4v) is 2.67. The highest BCUT2D eigenvalue weighted by Crippen LogP contribution is 2.18. The maximum absolute atomic E-state index is 12.2. The van der Waals surface area contributed by atoms with E-state index < -0.39 is 0 Å². The first-order valence-corrected chi connectivity index (χ1v) is 8.16. The first kappa shape index (κ1) is 16.8.